The summed E-state index contributed by atoms with van der Waals surface area (Å²) in [7, 11) is 0. The maximum Gasteiger partial charge on any atom is 0.142 e. The SMILES string of the molecule is C#CC(C)NC(C)c1cc(F)c(Cl)cc1Cl. The lowest BCUT2D eigenvalue weighted by atomic mass is 10.1. The van der Waals surface area contributed by atoms with Crippen LogP contribution < -0.4 is 5.32 Å². The molecule has 1 aromatic carbocycles. The van der Waals surface area contributed by atoms with Gasteiger partial charge >= 0.3 is 0 Å². The van der Waals surface area contributed by atoms with Gasteiger partial charge in [-0.25, -0.2) is 4.39 Å². The molecule has 2 atom stereocenters. The second kappa shape index (κ2) is 5.54. The van der Waals surface area contributed by atoms with Crippen molar-refractivity contribution in [1.29, 1.82) is 0 Å². The van der Waals surface area contributed by atoms with Gasteiger partial charge in [0, 0.05) is 11.1 Å². The van der Waals surface area contributed by atoms with Crippen LogP contribution in [-0.2, 0) is 0 Å². The normalized spacial score (nSPS) is 14.2. The Kier molecular flexibility index (Phi) is 4.61. The minimum atomic E-state index is -0.483. The maximum absolute atomic E-state index is 13.3. The minimum Gasteiger partial charge on any atom is -0.297 e. The molecule has 0 aromatic heterocycles. The number of terminal acetylenes is 1. The average Bonchev–Trinajstić information content (AvgIpc) is 2.23. The van der Waals surface area contributed by atoms with Crippen molar-refractivity contribution in [3.8, 4) is 12.3 Å². The number of benzene rings is 1. The first-order valence-electron chi connectivity index (χ1n) is 4.82. The second-order valence-corrected chi connectivity index (χ2v) is 4.38. The second-order valence-electron chi connectivity index (χ2n) is 3.56. The standard InChI is InChI=1S/C12H12Cl2FN/c1-4-7(2)16-8(3)9-5-12(15)11(14)6-10(9)13/h1,5-8,16H,2-3H3. The number of nitrogens with one attached hydrogen (secondary N) is 1. The number of hydrogen-bond acceptors (Lipinski definition) is 1. The molecule has 0 aliphatic rings. The van der Waals surface area contributed by atoms with Crippen LogP contribution >= 0.6 is 23.2 Å². The Labute approximate surface area is 105 Å². The van der Waals surface area contributed by atoms with Crippen molar-refractivity contribution in [2.24, 2.45) is 0 Å². The molecule has 0 aliphatic carbocycles. The van der Waals surface area contributed by atoms with Gasteiger partial charge in [0.15, 0.2) is 0 Å². The largest absolute Gasteiger partial charge is 0.297 e. The van der Waals surface area contributed by atoms with Crippen molar-refractivity contribution in [2.75, 3.05) is 0 Å². The van der Waals surface area contributed by atoms with Gasteiger partial charge in [0.1, 0.15) is 5.82 Å². The van der Waals surface area contributed by atoms with Crippen LogP contribution in [0.15, 0.2) is 12.1 Å². The Hall–Kier alpha value is -0.750. The zero-order valence-corrected chi connectivity index (χ0v) is 10.5. The summed E-state index contributed by atoms with van der Waals surface area (Å²) >= 11 is 11.6. The van der Waals surface area contributed by atoms with Crippen LogP contribution in [0.1, 0.15) is 25.5 Å². The predicted molar refractivity (Wildman–Crippen MR) is 66.3 cm³/mol. The van der Waals surface area contributed by atoms with Crippen molar-refractivity contribution < 1.29 is 4.39 Å². The van der Waals surface area contributed by atoms with E-state index in [2.05, 4.69) is 11.2 Å². The van der Waals surface area contributed by atoms with Gasteiger partial charge in [-0.15, -0.1) is 6.42 Å². The molecule has 1 N–H and O–H groups in total. The Balaban J connectivity index is 2.96. The molecule has 0 aliphatic heterocycles. The summed E-state index contributed by atoms with van der Waals surface area (Å²) in [5, 5.41) is 3.55. The average molecular weight is 260 g/mol. The van der Waals surface area contributed by atoms with E-state index in [1.54, 1.807) is 0 Å². The molecule has 16 heavy (non-hydrogen) atoms. The lowest BCUT2D eigenvalue weighted by molar-refractivity contribution is 0.540. The molecule has 0 bridgehead atoms. The third kappa shape index (κ3) is 3.12. The van der Waals surface area contributed by atoms with Gasteiger partial charge in [-0.05, 0) is 31.5 Å². The van der Waals surface area contributed by atoms with E-state index in [1.165, 1.54) is 12.1 Å². The minimum absolute atomic E-state index is 0.0194. The van der Waals surface area contributed by atoms with Crippen molar-refractivity contribution in [3.63, 3.8) is 0 Å². The van der Waals surface area contributed by atoms with E-state index in [-0.39, 0.29) is 17.1 Å². The fraction of sp³-hybridized carbons (Fsp3) is 0.333. The van der Waals surface area contributed by atoms with Crippen molar-refractivity contribution in [1.82, 2.24) is 5.32 Å². The molecule has 1 aromatic rings. The highest BCUT2D eigenvalue weighted by Gasteiger charge is 2.14. The summed E-state index contributed by atoms with van der Waals surface area (Å²) < 4.78 is 13.3. The van der Waals surface area contributed by atoms with Gasteiger partial charge in [0.2, 0.25) is 0 Å². The molecule has 86 valence electrons. The Morgan fingerprint density at radius 3 is 2.50 bits per heavy atom. The quantitative estimate of drug-likeness (QED) is 0.643. The first kappa shape index (κ1) is 13.3. The van der Waals surface area contributed by atoms with Gasteiger partial charge in [0.05, 0.1) is 11.1 Å². The van der Waals surface area contributed by atoms with Gasteiger partial charge in [-0.1, -0.05) is 29.1 Å². The van der Waals surface area contributed by atoms with Crippen LogP contribution in [-0.4, -0.2) is 6.04 Å². The number of rotatable bonds is 3. The molecule has 0 saturated heterocycles. The molecular weight excluding hydrogens is 248 g/mol. The highest BCUT2D eigenvalue weighted by molar-refractivity contribution is 6.35. The molecule has 1 nitrogen and oxygen atoms in total. The fourth-order valence-corrected chi connectivity index (χ4v) is 1.93. The lowest BCUT2D eigenvalue weighted by Crippen LogP contribution is -2.27. The third-order valence-corrected chi connectivity index (χ3v) is 2.87. The van der Waals surface area contributed by atoms with Crippen LogP contribution in [0.4, 0.5) is 4.39 Å². The summed E-state index contributed by atoms with van der Waals surface area (Å²) in [6.07, 6.45) is 5.25. The first-order chi connectivity index (χ1) is 7.45. The third-order valence-electron chi connectivity index (χ3n) is 2.26. The highest BCUT2D eigenvalue weighted by atomic mass is 35.5. The number of halogens is 3. The molecule has 2 unspecified atom stereocenters. The van der Waals surface area contributed by atoms with E-state index in [4.69, 9.17) is 29.6 Å². The molecule has 0 spiro atoms. The molecule has 0 radical (unpaired) electrons. The smallest absolute Gasteiger partial charge is 0.142 e. The van der Waals surface area contributed by atoms with Gasteiger partial charge in [0.25, 0.3) is 0 Å². The predicted octanol–water partition coefficient (Wildman–Crippen LogP) is 3.80. The molecule has 4 heteroatoms. The van der Waals surface area contributed by atoms with Crippen molar-refractivity contribution >= 4 is 23.2 Å². The zero-order valence-electron chi connectivity index (χ0n) is 9.02. The molecule has 0 fully saturated rings. The van der Waals surface area contributed by atoms with Gasteiger partial charge < -0.3 is 0 Å². The summed E-state index contributed by atoms with van der Waals surface area (Å²) in [6.45, 7) is 3.71. The molecule has 0 amide bonds. The topological polar surface area (TPSA) is 12.0 Å². The number of hydrogen-bond donors (Lipinski definition) is 1. The van der Waals surface area contributed by atoms with Crippen LogP contribution in [0.2, 0.25) is 10.0 Å². The highest BCUT2D eigenvalue weighted by Crippen LogP contribution is 2.28. The molecular formula is C12H12Cl2FN. The molecule has 1 rings (SSSR count). The summed E-state index contributed by atoms with van der Waals surface area (Å²) in [4.78, 5) is 0. The molecule has 0 saturated carbocycles. The summed E-state index contributed by atoms with van der Waals surface area (Å²) in [5.41, 5.74) is 0.644. The van der Waals surface area contributed by atoms with Crippen LogP contribution in [0.5, 0.6) is 0 Å². The Bertz CT molecular complexity index is 426. The van der Waals surface area contributed by atoms with E-state index in [0.717, 1.165) is 0 Å². The van der Waals surface area contributed by atoms with E-state index >= 15 is 0 Å². The van der Waals surface area contributed by atoms with Crippen LogP contribution in [0.25, 0.3) is 0 Å². The van der Waals surface area contributed by atoms with E-state index < -0.39 is 5.82 Å². The lowest BCUT2D eigenvalue weighted by Gasteiger charge is -2.18. The van der Waals surface area contributed by atoms with Crippen LogP contribution in [0, 0.1) is 18.2 Å². The van der Waals surface area contributed by atoms with Gasteiger partial charge in [-0.3, -0.25) is 5.32 Å². The Morgan fingerprint density at radius 1 is 1.31 bits per heavy atom. The van der Waals surface area contributed by atoms with E-state index in [1.807, 2.05) is 13.8 Å². The first-order valence-corrected chi connectivity index (χ1v) is 5.58. The van der Waals surface area contributed by atoms with E-state index in [0.29, 0.717) is 10.6 Å². The molecule has 0 heterocycles. The monoisotopic (exact) mass is 259 g/mol. The van der Waals surface area contributed by atoms with E-state index in [9.17, 15) is 4.39 Å². The fourth-order valence-electron chi connectivity index (χ4n) is 1.38. The van der Waals surface area contributed by atoms with Crippen molar-refractivity contribution in [2.45, 2.75) is 25.9 Å². The van der Waals surface area contributed by atoms with Crippen molar-refractivity contribution in [3.05, 3.63) is 33.6 Å². The maximum atomic E-state index is 13.3. The summed E-state index contributed by atoms with van der Waals surface area (Å²) in [5.74, 6) is 2.05. The van der Waals surface area contributed by atoms with Gasteiger partial charge in [-0.2, -0.15) is 0 Å². The van der Waals surface area contributed by atoms with Crippen LogP contribution in [0.3, 0.4) is 0 Å². The zero-order chi connectivity index (χ0) is 12.3. The Morgan fingerprint density at radius 2 is 1.94 bits per heavy atom. The summed E-state index contributed by atoms with van der Waals surface area (Å²) in [6, 6.07) is 2.48.